The van der Waals surface area contributed by atoms with Crippen LogP contribution in [0.25, 0.3) is 0 Å². The van der Waals surface area contributed by atoms with Crippen molar-refractivity contribution in [2.24, 2.45) is 5.41 Å². The molecule has 0 N–H and O–H groups in total. The van der Waals surface area contributed by atoms with Crippen LogP contribution in [0.1, 0.15) is 12.8 Å². The summed E-state index contributed by atoms with van der Waals surface area (Å²) >= 11 is 0. The van der Waals surface area contributed by atoms with Crippen molar-refractivity contribution in [3.8, 4) is 0 Å². The Bertz CT molecular complexity index is 498. The Kier molecular flexibility index (Phi) is 3.43. The van der Waals surface area contributed by atoms with Gasteiger partial charge in [0, 0.05) is 44.3 Å². The van der Waals surface area contributed by atoms with Gasteiger partial charge in [-0.3, -0.25) is 0 Å². The van der Waals surface area contributed by atoms with Crippen LogP contribution < -0.4 is 9.80 Å². The van der Waals surface area contributed by atoms with Crippen LogP contribution in [0.4, 0.5) is 11.6 Å². The predicted octanol–water partition coefficient (Wildman–Crippen LogP) is 0.930. The summed E-state index contributed by atoms with van der Waals surface area (Å²) in [5.41, 5.74) is 0.365. The molecule has 4 heterocycles. The fourth-order valence-corrected chi connectivity index (χ4v) is 3.58. The van der Waals surface area contributed by atoms with E-state index in [0.29, 0.717) is 5.41 Å². The Hall–Kier alpha value is -1.40. The molecular formula is C15H22N4O2. The minimum Gasteiger partial charge on any atom is -0.381 e. The highest BCUT2D eigenvalue weighted by atomic mass is 16.5. The molecule has 3 aliphatic rings. The highest BCUT2D eigenvalue weighted by Crippen LogP contribution is 2.39. The summed E-state index contributed by atoms with van der Waals surface area (Å²) in [7, 11) is 0. The molecule has 21 heavy (non-hydrogen) atoms. The molecule has 1 spiro atoms. The van der Waals surface area contributed by atoms with E-state index >= 15 is 0 Å². The van der Waals surface area contributed by atoms with Gasteiger partial charge in [0.2, 0.25) is 0 Å². The Balaban J connectivity index is 1.50. The molecule has 1 atom stereocenters. The molecule has 0 aliphatic carbocycles. The zero-order valence-corrected chi connectivity index (χ0v) is 12.3. The van der Waals surface area contributed by atoms with Gasteiger partial charge in [0.05, 0.1) is 19.8 Å². The average Bonchev–Trinajstić information content (AvgIpc) is 3.19. The lowest BCUT2D eigenvalue weighted by atomic mass is 9.87. The van der Waals surface area contributed by atoms with E-state index < -0.39 is 0 Å². The number of hydrogen-bond donors (Lipinski definition) is 0. The van der Waals surface area contributed by atoms with Gasteiger partial charge < -0.3 is 19.3 Å². The smallest absolute Gasteiger partial charge is 0.134 e. The van der Waals surface area contributed by atoms with E-state index in [4.69, 9.17) is 9.47 Å². The molecule has 0 radical (unpaired) electrons. The van der Waals surface area contributed by atoms with E-state index in [1.54, 1.807) is 6.33 Å². The first-order valence-electron chi connectivity index (χ1n) is 7.82. The molecule has 3 saturated heterocycles. The Labute approximate surface area is 125 Å². The van der Waals surface area contributed by atoms with Crippen molar-refractivity contribution in [1.82, 2.24) is 9.97 Å². The lowest BCUT2D eigenvalue weighted by molar-refractivity contribution is 0.122. The summed E-state index contributed by atoms with van der Waals surface area (Å²) in [6.07, 6.45) is 4.09. The van der Waals surface area contributed by atoms with E-state index in [-0.39, 0.29) is 0 Å². The molecule has 0 bridgehead atoms. The topological polar surface area (TPSA) is 50.7 Å². The molecular weight excluding hydrogens is 268 g/mol. The molecule has 6 nitrogen and oxygen atoms in total. The largest absolute Gasteiger partial charge is 0.381 e. The first kappa shape index (κ1) is 13.3. The first-order valence-corrected chi connectivity index (χ1v) is 7.82. The predicted molar refractivity (Wildman–Crippen MR) is 79.8 cm³/mol. The van der Waals surface area contributed by atoms with Gasteiger partial charge in [-0.2, -0.15) is 0 Å². The van der Waals surface area contributed by atoms with Crippen molar-refractivity contribution in [2.45, 2.75) is 12.8 Å². The molecule has 1 aromatic rings. The second-order valence-electron chi connectivity index (χ2n) is 6.31. The SMILES string of the molecule is c1nc(N2CCOCC2)cc(N2CC[C@@]3(CCOC3)C2)n1. The molecule has 1 aromatic heterocycles. The van der Waals surface area contributed by atoms with E-state index in [2.05, 4.69) is 25.8 Å². The number of ether oxygens (including phenoxy) is 2. The van der Waals surface area contributed by atoms with Gasteiger partial charge in [-0.15, -0.1) is 0 Å². The fourth-order valence-electron chi connectivity index (χ4n) is 3.58. The lowest BCUT2D eigenvalue weighted by Crippen LogP contribution is -2.37. The molecule has 0 aromatic carbocycles. The second kappa shape index (κ2) is 5.42. The van der Waals surface area contributed by atoms with E-state index in [0.717, 1.165) is 64.2 Å². The van der Waals surface area contributed by atoms with Crippen molar-refractivity contribution >= 4 is 11.6 Å². The fraction of sp³-hybridized carbons (Fsp3) is 0.733. The van der Waals surface area contributed by atoms with Gasteiger partial charge in [0.15, 0.2) is 0 Å². The number of hydrogen-bond acceptors (Lipinski definition) is 6. The summed E-state index contributed by atoms with van der Waals surface area (Å²) in [5, 5.41) is 0. The molecule has 3 fully saturated rings. The highest BCUT2D eigenvalue weighted by molar-refractivity contribution is 5.51. The number of aromatic nitrogens is 2. The van der Waals surface area contributed by atoms with Crippen LogP contribution in [0.3, 0.4) is 0 Å². The summed E-state index contributed by atoms with van der Waals surface area (Å²) < 4.78 is 11.0. The van der Waals surface area contributed by atoms with Crippen molar-refractivity contribution < 1.29 is 9.47 Å². The monoisotopic (exact) mass is 290 g/mol. The van der Waals surface area contributed by atoms with Crippen LogP contribution >= 0.6 is 0 Å². The lowest BCUT2D eigenvalue weighted by Gasteiger charge is -2.28. The number of rotatable bonds is 2. The maximum absolute atomic E-state index is 5.60. The van der Waals surface area contributed by atoms with Crippen LogP contribution in [0.5, 0.6) is 0 Å². The van der Waals surface area contributed by atoms with Crippen LogP contribution in [0.15, 0.2) is 12.4 Å². The Morgan fingerprint density at radius 1 is 0.905 bits per heavy atom. The van der Waals surface area contributed by atoms with Crippen LogP contribution in [-0.2, 0) is 9.47 Å². The molecule has 0 amide bonds. The third-order valence-corrected chi connectivity index (χ3v) is 4.92. The molecule has 6 heteroatoms. The van der Waals surface area contributed by atoms with Crippen molar-refractivity contribution in [3.05, 3.63) is 12.4 Å². The quantitative estimate of drug-likeness (QED) is 0.807. The standard InChI is InChI=1S/C15H22N4O2/c1-3-19(10-15(1)2-6-21-11-15)14-9-13(16-12-17-14)18-4-7-20-8-5-18/h9,12H,1-8,10-11H2/t15-/m1/s1. The van der Waals surface area contributed by atoms with E-state index in [1.165, 1.54) is 12.8 Å². The average molecular weight is 290 g/mol. The maximum atomic E-state index is 5.60. The van der Waals surface area contributed by atoms with Gasteiger partial charge in [0.25, 0.3) is 0 Å². The van der Waals surface area contributed by atoms with Gasteiger partial charge >= 0.3 is 0 Å². The Morgan fingerprint density at radius 2 is 1.71 bits per heavy atom. The van der Waals surface area contributed by atoms with Gasteiger partial charge in [-0.1, -0.05) is 0 Å². The van der Waals surface area contributed by atoms with Crippen LogP contribution in [0, 0.1) is 5.41 Å². The summed E-state index contributed by atoms with van der Waals surface area (Å²) in [6, 6.07) is 2.13. The number of anilines is 2. The van der Waals surface area contributed by atoms with Gasteiger partial charge in [-0.25, -0.2) is 9.97 Å². The molecule has 4 rings (SSSR count). The molecule has 0 unspecified atom stereocenters. The zero-order chi connectivity index (χ0) is 14.1. The van der Waals surface area contributed by atoms with Gasteiger partial charge in [-0.05, 0) is 12.8 Å². The molecule has 3 aliphatic heterocycles. The van der Waals surface area contributed by atoms with E-state index in [9.17, 15) is 0 Å². The van der Waals surface area contributed by atoms with E-state index in [1.807, 2.05) is 0 Å². The number of nitrogens with zero attached hydrogens (tertiary/aromatic N) is 4. The zero-order valence-electron chi connectivity index (χ0n) is 12.3. The highest BCUT2D eigenvalue weighted by Gasteiger charge is 2.41. The number of morpholine rings is 1. The van der Waals surface area contributed by atoms with Crippen molar-refractivity contribution in [2.75, 3.05) is 62.4 Å². The van der Waals surface area contributed by atoms with Crippen molar-refractivity contribution in [1.29, 1.82) is 0 Å². The second-order valence-corrected chi connectivity index (χ2v) is 6.31. The third kappa shape index (κ3) is 2.58. The Morgan fingerprint density at radius 3 is 2.48 bits per heavy atom. The summed E-state index contributed by atoms with van der Waals surface area (Å²) in [6.45, 7) is 7.34. The summed E-state index contributed by atoms with van der Waals surface area (Å²) in [4.78, 5) is 13.6. The first-order chi connectivity index (χ1) is 10.3. The van der Waals surface area contributed by atoms with Crippen molar-refractivity contribution in [3.63, 3.8) is 0 Å². The van der Waals surface area contributed by atoms with Gasteiger partial charge in [0.1, 0.15) is 18.0 Å². The summed E-state index contributed by atoms with van der Waals surface area (Å²) in [5.74, 6) is 2.07. The van der Waals surface area contributed by atoms with Crippen LogP contribution in [0.2, 0.25) is 0 Å². The van der Waals surface area contributed by atoms with Crippen LogP contribution in [-0.4, -0.2) is 62.6 Å². The normalized spacial score (nSPS) is 29.5. The maximum Gasteiger partial charge on any atom is 0.134 e. The third-order valence-electron chi connectivity index (χ3n) is 4.92. The molecule has 114 valence electrons. The minimum atomic E-state index is 0.365. The minimum absolute atomic E-state index is 0.365. The molecule has 0 saturated carbocycles.